The third kappa shape index (κ3) is 3.36. The van der Waals surface area contributed by atoms with Crippen LogP contribution in [0.1, 0.15) is 22.9 Å². The molecular formula is C19H15ClN4O2. The molecule has 6 nitrogen and oxygen atoms in total. The van der Waals surface area contributed by atoms with Gasteiger partial charge in [0.1, 0.15) is 6.42 Å². The van der Waals surface area contributed by atoms with E-state index in [1.807, 2.05) is 37.3 Å². The molecule has 0 aliphatic heterocycles. The predicted molar refractivity (Wildman–Crippen MR) is 96.8 cm³/mol. The molecule has 0 radical (unpaired) electrons. The number of benzene rings is 2. The van der Waals surface area contributed by atoms with Gasteiger partial charge in [0, 0.05) is 16.1 Å². The van der Waals surface area contributed by atoms with Crippen molar-refractivity contribution in [1.82, 2.24) is 20.3 Å². The van der Waals surface area contributed by atoms with Crippen LogP contribution in [0, 0.1) is 13.8 Å². The summed E-state index contributed by atoms with van der Waals surface area (Å²) in [7, 11) is 0. The maximum atomic E-state index is 5.99. The number of nitrogens with zero attached hydrogens (tertiary/aromatic N) is 4. The molecule has 4 rings (SSSR count). The van der Waals surface area contributed by atoms with Crippen molar-refractivity contribution in [3.8, 4) is 22.8 Å². The zero-order valence-electron chi connectivity index (χ0n) is 14.2. The molecule has 0 saturated carbocycles. The summed E-state index contributed by atoms with van der Waals surface area (Å²) in [6, 6.07) is 13.3. The number of hydrogen-bond donors (Lipinski definition) is 0. The van der Waals surface area contributed by atoms with Gasteiger partial charge in [-0.15, -0.1) is 10.2 Å². The van der Waals surface area contributed by atoms with E-state index in [-0.39, 0.29) is 6.42 Å². The van der Waals surface area contributed by atoms with Crippen LogP contribution in [-0.2, 0) is 6.42 Å². The lowest BCUT2D eigenvalue weighted by molar-refractivity contribution is 0.374. The van der Waals surface area contributed by atoms with Crippen LogP contribution in [0.15, 0.2) is 51.4 Å². The van der Waals surface area contributed by atoms with Crippen LogP contribution in [0.25, 0.3) is 22.8 Å². The smallest absolute Gasteiger partial charge is 0.247 e. The molecule has 0 amide bonds. The first-order chi connectivity index (χ1) is 12.6. The molecule has 0 N–H and O–H groups in total. The fraction of sp³-hybridized carbons (Fsp3) is 0.158. The highest BCUT2D eigenvalue weighted by Gasteiger charge is 2.15. The molecule has 2 aromatic carbocycles. The first-order valence-electron chi connectivity index (χ1n) is 8.07. The fourth-order valence-corrected chi connectivity index (χ4v) is 2.71. The number of aryl methyl sites for hydroxylation is 2. The Morgan fingerprint density at radius 3 is 2.62 bits per heavy atom. The van der Waals surface area contributed by atoms with Gasteiger partial charge in [-0.1, -0.05) is 35.0 Å². The number of halogens is 1. The molecule has 0 atom stereocenters. The highest BCUT2D eigenvalue weighted by Crippen LogP contribution is 2.23. The second-order valence-corrected chi connectivity index (χ2v) is 6.44. The summed E-state index contributed by atoms with van der Waals surface area (Å²) in [6.45, 7) is 4.11. The van der Waals surface area contributed by atoms with Crippen LogP contribution in [0.2, 0.25) is 5.02 Å². The molecule has 0 bridgehead atoms. The van der Waals surface area contributed by atoms with Crippen molar-refractivity contribution >= 4 is 11.6 Å². The summed E-state index contributed by atoms with van der Waals surface area (Å²) in [5.41, 5.74) is 4.06. The Balaban J connectivity index is 1.53. The van der Waals surface area contributed by atoms with Crippen LogP contribution in [0.3, 0.4) is 0 Å². The summed E-state index contributed by atoms with van der Waals surface area (Å²) < 4.78 is 11.0. The Kier molecular flexibility index (Phi) is 4.26. The third-order valence-electron chi connectivity index (χ3n) is 4.07. The Morgan fingerprint density at radius 2 is 1.81 bits per heavy atom. The van der Waals surface area contributed by atoms with E-state index in [2.05, 4.69) is 27.3 Å². The summed E-state index contributed by atoms with van der Waals surface area (Å²) in [5, 5.41) is 12.8. The monoisotopic (exact) mass is 366 g/mol. The van der Waals surface area contributed by atoms with Gasteiger partial charge in [-0.3, -0.25) is 0 Å². The average molecular weight is 367 g/mol. The normalized spacial score (nSPS) is 11.0. The van der Waals surface area contributed by atoms with Gasteiger partial charge < -0.3 is 8.94 Å². The summed E-state index contributed by atoms with van der Waals surface area (Å²) in [4.78, 5) is 4.36. The van der Waals surface area contributed by atoms with Crippen molar-refractivity contribution < 1.29 is 8.94 Å². The van der Waals surface area contributed by atoms with Crippen LogP contribution in [0.4, 0.5) is 0 Å². The fourth-order valence-electron chi connectivity index (χ4n) is 2.52. The van der Waals surface area contributed by atoms with E-state index >= 15 is 0 Å². The van der Waals surface area contributed by atoms with Gasteiger partial charge in [-0.2, -0.15) is 4.98 Å². The summed E-state index contributed by atoms with van der Waals surface area (Å²) in [6.07, 6.45) is 0.269. The first kappa shape index (κ1) is 16.5. The maximum Gasteiger partial charge on any atom is 0.247 e. The van der Waals surface area contributed by atoms with Crippen molar-refractivity contribution in [3.63, 3.8) is 0 Å². The van der Waals surface area contributed by atoms with Crippen molar-refractivity contribution in [3.05, 3.63) is 70.4 Å². The van der Waals surface area contributed by atoms with E-state index in [9.17, 15) is 0 Å². The van der Waals surface area contributed by atoms with Gasteiger partial charge in [-0.25, -0.2) is 0 Å². The van der Waals surface area contributed by atoms with E-state index in [1.54, 1.807) is 12.1 Å². The van der Waals surface area contributed by atoms with Gasteiger partial charge in [0.05, 0.1) is 0 Å². The Labute approximate surface area is 154 Å². The highest BCUT2D eigenvalue weighted by atomic mass is 35.5. The van der Waals surface area contributed by atoms with E-state index in [4.69, 9.17) is 20.5 Å². The lowest BCUT2D eigenvalue weighted by Crippen LogP contribution is -1.89. The minimum Gasteiger partial charge on any atom is -0.420 e. The van der Waals surface area contributed by atoms with Gasteiger partial charge in [-0.05, 0) is 49.2 Å². The molecule has 7 heteroatoms. The summed E-state index contributed by atoms with van der Waals surface area (Å²) >= 11 is 5.99. The maximum absolute atomic E-state index is 5.99. The van der Waals surface area contributed by atoms with Crippen molar-refractivity contribution in [2.45, 2.75) is 20.3 Å². The molecule has 0 saturated heterocycles. The number of rotatable bonds is 4. The zero-order valence-corrected chi connectivity index (χ0v) is 15.0. The van der Waals surface area contributed by atoms with Gasteiger partial charge in [0.25, 0.3) is 0 Å². The Hall–Kier alpha value is -2.99. The largest absolute Gasteiger partial charge is 0.420 e. The molecule has 0 unspecified atom stereocenters. The second-order valence-electron chi connectivity index (χ2n) is 6.00. The topological polar surface area (TPSA) is 77.8 Å². The molecule has 0 fully saturated rings. The molecule has 0 aliphatic rings. The molecule has 4 aromatic rings. The van der Waals surface area contributed by atoms with E-state index in [1.165, 1.54) is 11.1 Å². The van der Waals surface area contributed by atoms with E-state index in [0.717, 1.165) is 11.1 Å². The standard InChI is InChI=1S/C19H15ClN4O2/c1-11-6-7-14(8-12(11)2)19-23-22-17(25-19)10-16-21-18(24-26-16)13-4-3-5-15(20)9-13/h3-9H,10H2,1-2H3. The SMILES string of the molecule is Cc1ccc(-c2nnc(Cc3nc(-c4cccc(Cl)c4)no3)o2)cc1C. The lowest BCUT2D eigenvalue weighted by atomic mass is 10.1. The van der Waals surface area contributed by atoms with Crippen molar-refractivity contribution in [1.29, 1.82) is 0 Å². The molecule has 130 valence electrons. The van der Waals surface area contributed by atoms with Crippen LogP contribution >= 0.6 is 11.6 Å². The molecular weight excluding hydrogens is 352 g/mol. The van der Waals surface area contributed by atoms with E-state index in [0.29, 0.717) is 28.5 Å². The summed E-state index contributed by atoms with van der Waals surface area (Å²) in [5.74, 6) is 1.75. The average Bonchev–Trinajstić information content (AvgIpc) is 3.28. The molecule has 0 aliphatic carbocycles. The minimum absolute atomic E-state index is 0.269. The van der Waals surface area contributed by atoms with Crippen molar-refractivity contribution in [2.24, 2.45) is 0 Å². The zero-order chi connectivity index (χ0) is 18.1. The van der Waals surface area contributed by atoms with Gasteiger partial charge in [0.2, 0.25) is 23.5 Å². The third-order valence-corrected chi connectivity index (χ3v) is 4.31. The second kappa shape index (κ2) is 6.72. The number of aromatic nitrogens is 4. The molecule has 2 aromatic heterocycles. The van der Waals surface area contributed by atoms with Gasteiger partial charge >= 0.3 is 0 Å². The highest BCUT2D eigenvalue weighted by molar-refractivity contribution is 6.30. The Bertz CT molecular complexity index is 1070. The Morgan fingerprint density at radius 1 is 0.923 bits per heavy atom. The molecule has 26 heavy (non-hydrogen) atoms. The van der Waals surface area contributed by atoms with Crippen LogP contribution < -0.4 is 0 Å². The van der Waals surface area contributed by atoms with Crippen LogP contribution in [0.5, 0.6) is 0 Å². The predicted octanol–water partition coefficient (Wildman–Crippen LogP) is 4.65. The molecule has 2 heterocycles. The van der Waals surface area contributed by atoms with E-state index < -0.39 is 0 Å². The first-order valence-corrected chi connectivity index (χ1v) is 8.45. The lowest BCUT2D eigenvalue weighted by Gasteiger charge is -2.00. The quantitative estimate of drug-likeness (QED) is 0.523. The van der Waals surface area contributed by atoms with Crippen LogP contribution in [-0.4, -0.2) is 20.3 Å². The molecule has 0 spiro atoms. The van der Waals surface area contributed by atoms with Gasteiger partial charge in [0.15, 0.2) is 0 Å². The number of hydrogen-bond acceptors (Lipinski definition) is 6. The van der Waals surface area contributed by atoms with Crippen molar-refractivity contribution in [2.75, 3.05) is 0 Å². The minimum atomic E-state index is 0.269.